The summed E-state index contributed by atoms with van der Waals surface area (Å²) in [6, 6.07) is 6.54. The van der Waals surface area contributed by atoms with Crippen LogP contribution in [0.15, 0.2) is 30.3 Å². The van der Waals surface area contributed by atoms with Crippen LogP contribution in [-0.2, 0) is 11.3 Å². The Morgan fingerprint density at radius 1 is 1.17 bits per heavy atom. The van der Waals surface area contributed by atoms with Gasteiger partial charge in [-0.2, -0.15) is 0 Å². The minimum atomic E-state index is -1.30. The van der Waals surface area contributed by atoms with E-state index in [9.17, 15) is 19.1 Å². The molecule has 0 radical (unpaired) electrons. The lowest BCUT2D eigenvalue weighted by molar-refractivity contribution is -0.121. The average Bonchev–Trinajstić information content (AvgIpc) is 2.70. The van der Waals surface area contributed by atoms with Gasteiger partial charge < -0.3 is 30.5 Å². The Kier molecular flexibility index (Phi) is 5.84. The number of hydrogen-bond acceptors (Lipinski definition) is 6. The largest absolute Gasteiger partial charge is 0.496 e. The predicted molar refractivity (Wildman–Crippen MR) is 109 cm³/mol. The van der Waals surface area contributed by atoms with E-state index in [0.29, 0.717) is 28.3 Å². The van der Waals surface area contributed by atoms with Crippen molar-refractivity contribution < 1.29 is 28.6 Å². The molecule has 8 nitrogen and oxygen atoms in total. The predicted octanol–water partition coefficient (Wildman–Crippen LogP) is 2.28. The molecule has 2 aromatic carbocycles. The Hall–Kier alpha value is -3.33. The van der Waals surface area contributed by atoms with Crippen molar-refractivity contribution in [3.8, 4) is 11.5 Å². The van der Waals surface area contributed by atoms with E-state index in [0.717, 1.165) is 0 Å². The van der Waals surface area contributed by atoms with Crippen molar-refractivity contribution in [1.29, 1.82) is 0 Å². The maximum Gasteiger partial charge on any atom is 0.251 e. The van der Waals surface area contributed by atoms with Crippen LogP contribution >= 0.6 is 0 Å². The SMILES string of the molecule is COc1cc(OC)c(CNC(=O)c2ccc3c(c2)N[C@@H](C(C)(C)O)C(=O)N3)cc1F. The molecule has 0 aromatic heterocycles. The molecule has 2 amide bonds. The Labute approximate surface area is 173 Å². The summed E-state index contributed by atoms with van der Waals surface area (Å²) in [5.41, 5.74) is 0.516. The highest BCUT2D eigenvalue weighted by Gasteiger charge is 2.37. The lowest BCUT2D eigenvalue weighted by atomic mass is 9.95. The average molecular weight is 417 g/mol. The lowest BCUT2D eigenvalue weighted by Gasteiger charge is -2.34. The molecular weight excluding hydrogens is 393 g/mol. The summed E-state index contributed by atoms with van der Waals surface area (Å²) in [5, 5.41) is 18.6. The second-order valence-electron chi connectivity index (χ2n) is 7.46. The van der Waals surface area contributed by atoms with Crippen LogP contribution in [0, 0.1) is 5.82 Å². The Balaban J connectivity index is 1.76. The number of amides is 2. The van der Waals surface area contributed by atoms with Crippen molar-refractivity contribution in [3.63, 3.8) is 0 Å². The fraction of sp³-hybridized carbons (Fsp3) is 0.333. The first-order valence-corrected chi connectivity index (χ1v) is 9.26. The number of carbonyl (C=O) groups excluding carboxylic acids is 2. The number of carbonyl (C=O) groups is 2. The number of methoxy groups -OCH3 is 2. The first-order chi connectivity index (χ1) is 14.1. The van der Waals surface area contributed by atoms with Gasteiger partial charge in [0.15, 0.2) is 11.6 Å². The zero-order chi connectivity index (χ0) is 22.1. The standard InChI is InChI=1S/C21H24FN3O5/c1-21(2,28)18-20(27)25-14-6-5-11(8-15(14)24-18)19(26)23-10-12-7-13(22)17(30-4)9-16(12)29-3/h5-9,18,24,28H,10H2,1-4H3,(H,23,26)(H,25,27)/t18-/m1/s1. The van der Waals surface area contributed by atoms with Crippen LogP contribution in [0.25, 0.3) is 0 Å². The Morgan fingerprint density at radius 2 is 1.87 bits per heavy atom. The van der Waals surface area contributed by atoms with Crippen molar-refractivity contribution >= 4 is 23.2 Å². The van der Waals surface area contributed by atoms with Crippen molar-refractivity contribution in [2.75, 3.05) is 24.9 Å². The van der Waals surface area contributed by atoms with Gasteiger partial charge in [0.25, 0.3) is 5.91 Å². The Bertz CT molecular complexity index is 987. The molecule has 0 saturated heterocycles. The zero-order valence-electron chi connectivity index (χ0n) is 17.1. The molecule has 3 rings (SSSR count). The first-order valence-electron chi connectivity index (χ1n) is 9.26. The lowest BCUT2D eigenvalue weighted by Crippen LogP contribution is -2.52. The molecule has 30 heavy (non-hydrogen) atoms. The number of anilines is 2. The minimum absolute atomic E-state index is 0.0382. The molecule has 1 heterocycles. The molecule has 1 atom stereocenters. The van der Waals surface area contributed by atoms with E-state index < -0.39 is 23.4 Å². The third kappa shape index (κ3) is 4.30. The van der Waals surface area contributed by atoms with Gasteiger partial charge in [-0.15, -0.1) is 0 Å². The van der Waals surface area contributed by atoms with Crippen molar-refractivity contribution in [1.82, 2.24) is 5.32 Å². The number of fused-ring (bicyclic) bond motifs is 1. The van der Waals surface area contributed by atoms with E-state index in [1.54, 1.807) is 18.2 Å². The maximum atomic E-state index is 14.0. The molecule has 160 valence electrons. The molecule has 1 aliphatic rings. The second kappa shape index (κ2) is 8.19. The topological polar surface area (TPSA) is 109 Å². The van der Waals surface area contributed by atoms with E-state index in [4.69, 9.17) is 9.47 Å². The molecule has 0 saturated carbocycles. The number of halogens is 1. The molecule has 1 aliphatic heterocycles. The fourth-order valence-corrected chi connectivity index (χ4v) is 3.18. The molecule has 2 aromatic rings. The highest BCUT2D eigenvalue weighted by Crippen LogP contribution is 2.31. The molecule has 0 unspecified atom stereocenters. The second-order valence-corrected chi connectivity index (χ2v) is 7.46. The summed E-state index contributed by atoms with van der Waals surface area (Å²) < 4.78 is 24.2. The molecule has 0 spiro atoms. The van der Waals surface area contributed by atoms with Crippen LogP contribution in [0.5, 0.6) is 11.5 Å². The van der Waals surface area contributed by atoms with Crippen molar-refractivity contribution in [2.24, 2.45) is 0 Å². The molecule has 0 bridgehead atoms. The Morgan fingerprint density at radius 3 is 2.50 bits per heavy atom. The first kappa shape index (κ1) is 21.4. The fourth-order valence-electron chi connectivity index (χ4n) is 3.18. The number of aliphatic hydroxyl groups is 1. The van der Waals surface area contributed by atoms with Crippen LogP contribution in [0.3, 0.4) is 0 Å². The number of benzene rings is 2. The van der Waals surface area contributed by atoms with E-state index in [2.05, 4.69) is 16.0 Å². The molecule has 4 N–H and O–H groups in total. The zero-order valence-corrected chi connectivity index (χ0v) is 17.1. The van der Waals surface area contributed by atoms with Gasteiger partial charge in [-0.1, -0.05) is 0 Å². The van der Waals surface area contributed by atoms with E-state index in [1.807, 2.05) is 0 Å². The van der Waals surface area contributed by atoms with Crippen LogP contribution in [0.4, 0.5) is 15.8 Å². The van der Waals surface area contributed by atoms with E-state index >= 15 is 0 Å². The van der Waals surface area contributed by atoms with Gasteiger partial charge in [-0.25, -0.2) is 4.39 Å². The van der Waals surface area contributed by atoms with Gasteiger partial charge in [-0.3, -0.25) is 9.59 Å². The highest BCUT2D eigenvalue weighted by atomic mass is 19.1. The van der Waals surface area contributed by atoms with Crippen molar-refractivity contribution in [3.05, 3.63) is 47.3 Å². The molecule has 9 heteroatoms. The minimum Gasteiger partial charge on any atom is -0.496 e. The maximum absolute atomic E-state index is 14.0. The summed E-state index contributed by atoms with van der Waals surface area (Å²) in [4.78, 5) is 24.8. The van der Waals surface area contributed by atoms with Gasteiger partial charge in [0.1, 0.15) is 11.8 Å². The number of rotatable bonds is 6. The molecular formula is C21H24FN3O5. The van der Waals surface area contributed by atoms with Crippen molar-refractivity contribution in [2.45, 2.75) is 32.0 Å². The van der Waals surface area contributed by atoms with Gasteiger partial charge >= 0.3 is 0 Å². The summed E-state index contributed by atoms with van der Waals surface area (Å²) in [5.74, 6) is -0.883. The summed E-state index contributed by atoms with van der Waals surface area (Å²) in [6.07, 6.45) is 0. The summed E-state index contributed by atoms with van der Waals surface area (Å²) >= 11 is 0. The number of nitrogens with one attached hydrogen (secondary N) is 3. The number of ether oxygens (including phenoxy) is 2. The van der Waals surface area contributed by atoms with Crippen LogP contribution < -0.4 is 25.4 Å². The van der Waals surface area contributed by atoms with Gasteiger partial charge in [0.05, 0.1) is 31.2 Å². The quantitative estimate of drug-likeness (QED) is 0.574. The molecule has 0 aliphatic carbocycles. The summed E-state index contributed by atoms with van der Waals surface area (Å²) in [6.45, 7) is 3.08. The van der Waals surface area contributed by atoms with Crippen LogP contribution in [-0.4, -0.2) is 42.8 Å². The smallest absolute Gasteiger partial charge is 0.251 e. The third-order valence-corrected chi connectivity index (χ3v) is 4.80. The van der Waals surface area contributed by atoms with Gasteiger partial charge in [0, 0.05) is 23.7 Å². The van der Waals surface area contributed by atoms with Crippen LogP contribution in [0.1, 0.15) is 29.8 Å². The van der Waals surface area contributed by atoms with Gasteiger partial charge in [-0.05, 0) is 38.1 Å². The highest BCUT2D eigenvalue weighted by molar-refractivity contribution is 6.05. The normalized spacial score (nSPS) is 15.5. The van der Waals surface area contributed by atoms with Crippen LogP contribution in [0.2, 0.25) is 0 Å². The summed E-state index contributed by atoms with van der Waals surface area (Å²) in [7, 11) is 2.80. The van der Waals surface area contributed by atoms with Gasteiger partial charge in [0.2, 0.25) is 5.91 Å². The third-order valence-electron chi connectivity index (χ3n) is 4.80. The van der Waals surface area contributed by atoms with E-state index in [-0.39, 0.29) is 18.2 Å². The molecule has 0 fully saturated rings. The number of hydrogen-bond donors (Lipinski definition) is 4. The van der Waals surface area contributed by atoms with E-state index in [1.165, 1.54) is 40.2 Å². The monoisotopic (exact) mass is 417 g/mol.